The molecule has 1 fully saturated rings. The highest BCUT2D eigenvalue weighted by molar-refractivity contribution is 5.66. The summed E-state index contributed by atoms with van der Waals surface area (Å²) in [4.78, 5) is 11.5. The largest absolute Gasteiger partial charge is 0.481 e. The van der Waals surface area contributed by atoms with Crippen molar-refractivity contribution in [3.05, 3.63) is 0 Å². The molecule has 0 spiro atoms. The van der Waals surface area contributed by atoms with Crippen molar-refractivity contribution in [3.8, 4) is 0 Å². The number of hydrogen-bond acceptors (Lipinski definition) is 5. The van der Waals surface area contributed by atoms with Crippen LogP contribution in [0.5, 0.6) is 0 Å². The number of aliphatic hydroxyl groups excluding tert-OH is 3. The average molecular weight is 249 g/mol. The van der Waals surface area contributed by atoms with Crippen LogP contribution in [0.4, 0.5) is 0 Å². The number of hydrogen-bond donors (Lipinski definition) is 4. The second-order valence-corrected chi connectivity index (χ2v) is 4.30. The highest BCUT2D eigenvalue weighted by atomic mass is 16.4. The SMILES string of the molecule is CC(N1CC1)C(CO)(CO)CO.CCC(=O)O. The molecule has 0 radical (unpaired) electrons. The van der Waals surface area contributed by atoms with Gasteiger partial charge >= 0.3 is 5.97 Å². The van der Waals surface area contributed by atoms with Gasteiger partial charge in [0.1, 0.15) is 0 Å². The molecule has 1 aliphatic heterocycles. The van der Waals surface area contributed by atoms with Crippen LogP contribution in [0.3, 0.4) is 0 Å². The molecule has 0 bridgehead atoms. The minimum Gasteiger partial charge on any atom is -0.481 e. The Balaban J connectivity index is 0.000000437. The maximum absolute atomic E-state index is 9.37. The van der Waals surface area contributed by atoms with Gasteiger partial charge < -0.3 is 20.4 Å². The maximum atomic E-state index is 9.37. The van der Waals surface area contributed by atoms with Gasteiger partial charge in [-0.1, -0.05) is 6.92 Å². The number of aliphatic carboxylic acids is 1. The van der Waals surface area contributed by atoms with E-state index in [9.17, 15) is 4.79 Å². The smallest absolute Gasteiger partial charge is 0.303 e. The molecule has 6 heteroatoms. The van der Waals surface area contributed by atoms with Gasteiger partial charge in [0.2, 0.25) is 0 Å². The van der Waals surface area contributed by atoms with E-state index in [0.29, 0.717) is 0 Å². The summed E-state index contributed by atoms with van der Waals surface area (Å²) in [6, 6.07) is 0.0532. The first-order valence-electron chi connectivity index (χ1n) is 5.75. The summed E-state index contributed by atoms with van der Waals surface area (Å²) >= 11 is 0. The van der Waals surface area contributed by atoms with Gasteiger partial charge in [0.15, 0.2) is 0 Å². The predicted octanol–water partition coefficient (Wildman–Crippen LogP) is -0.865. The average Bonchev–Trinajstić information content (AvgIpc) is 3.16. The lowest BCUT2D eigenvalue weighted by Crippen LogP contribution is -2.47. The lowest BCUT2D eigenvalue weighted by molar-refractivity contribution is -0.136. The van der Waals surface area contributed by atoms with E-state index in [2.05, 4.69) is 4.90 Å². The van der Waals surface area contributed by atoms with E-state index in [0.717, 1.165) is 13.1 Å². The summed E-state index contributed by atoms with van der Waals surface area (Å²) in [6.45, 7) is 5.02. The lowest BCUT2D eigenvalue weighted by atomic mass is 9.83. The van der Waals surface area contributed by atoms with Crippen LogP contribution in [-0.2, 0) is 4.79 Å². The molecule has 0 amide bonds. The van der Waals surface area contributed by atoms with E-state index >= 15 is 0 Å². The monoisotopic (exact) mass is 249 g/mol. The molecule has 1 heterocycles. The van der Waals surface area contributed by atoms with Crippen LogP contribution >= 0.6 is 0 Å². The van der Waals surface area contributed by atoms with Gasteiger partial charge in [-0.2, -0.15) is 0 Å². The first-order valence-corrected chi connectivity index (χ1v) is 5.75. The minimum atomic E-state index is -0.745. The molecule has 1 saturated heterocycles. The summed E-state index contributed by atoms with van der Waals surface area (Å²) in [7, 11) is 0. The van der Waals surface area contributed by atoms with Crippen molar-refractivity contribution in [1.82, 2.24) is 4.90 Å². The first-order chi connectivity index (χ1) is 7.97. The number of carboxylic acids is 1. The topological polar surface area (TPSA) is 101 Å². The van der Waals surface area contributed by atoms with E-state index in [4.69, 9.17) is 20.4 Å². The van der Waals surface area contributed by atoms with Crippen molar-refractivity contribution in [3.63, 3.8) is 0 Å². The predicted molar refractivity (Wildman–Crippen MR) is 62.7 cm³/mol. The molecule has 1 atom stereocenters. The molecule has 0 aromatic rings. The Kier molecular flexibility index (Phi) is 7.29. The van der Waals surface area contributed by atoms with E-state index in [1.54, 1.807) is 6.92 Å². The van der Waals surface area contributed by atoms with Crippen LogP contribution < -0.4 is 0 Å². The second kappa shape index (κ2) is 7.60. The summed E-state index contributed by atoms with van der Waals surface area (Å²) in [5.41, 5.74) is -0.740. The molecule has 0 aromatic heterocycles. The fourth-order valence-corrected chi connectivity index (χ4v) is 1.38. The Morgan fingerprint density at radius 3 is 1.76 bits per heavy atom. The van der Waals surface area contributed by atoms with Crippen LogP contribution in [0.1, 0.15) is 20.3 Å². The fourth-order valence-electron chi connectivity index (χ4n) is 1.38. The number of rotatable bonds is 6. The van der Waals surface area contributed by atoms with Crippen LogP contribution in [0.2, 0.25) is 0 Å². The zero-order chi connectivity index (χ0) is 13.5. The van der Waals surface area contributed by atoms with Crippen LogP contribution in [0, 0.1) is 5.41 Å². The summed E-state index contributed by atoms with van der Waals surface area (Å²) < 4.78 is 0. The Labute approximate surface area is 101 Å². The van der Waals surface area contributed by atoms with Gasteiger partial charge in [-0.15, -0.1) is 0 Å². The molecular formula is C11H23NO5. The molecule has 17 heavy (non-hydrogen) atoms. The molecule has 0 saturated carbocycles. The van der Waals surface area contributed by atoms with E-state index < -0.39 is 11.4 Å². The quantitative estimate of drug-likeness (QED) is 0.457. The van der Waals surface area contributed by atoms with E-state index in [-0.39, 0.29) is 32.3 Å². The van der Waals surface area contributed by atoms with Gasteiger partial charge in [0.05, 0.1) is 25.2 Å². The number of carbonyl (C=O) groups is 1. The third-order valence-electron chi connectivity index (χ3n) is 3.16. The van der Waals surface area contributed by atoms with Gasteiger partial charge in [0, 0.05) is 25.6 Å². The molecular weight excluding hydrogens is 226 g/mol. The maximum Gasteiger partial charge on any atom is 0.303 e. The molecule has 102 valence electrons. The lowest BCUT2D eigenvalue weighted by Gasteiger charge is -2.34. The molecule has 0 aliphatic carbocycles. The van der Waals surface area contributed by atoms with Crippen LogP contribution in [-0.4, -0.2) is 70.2 Å². The molecule has 0 aromatic carbocycles. The van der Waals surface area contributed by atoms with Crippen molar-refractivity contribution in [2.24, 2.45) is 5.41 Å². The Hall–Kier alpha value is -0.690. The van der Waals surface area contributed by atoms with E-state index in [1.807, 2.05) is 6.92 Å². The second-order valence-electron chi connectivity index (χ2n) is 4.30. The molecule has 1 aliphatic rings. The number of aliphatic hydroxyl groups is 3. The standard InChI is InChI=1S/C8H17NO3.C3H6O2/c1-7(9-2-3-9)8(4-10,5-11)6-12;1-2-3(4)5/h7,10-12H,2-6H2,1H3;2H2,1H3,(H,4,5). The molecule has 1 unspecified atom stereocenters. The third-order valence-corrected chi connectivity index (χ3v) is 3.16. The van der Waals surface area contributed by atoms with Crippen molar-refractivity contribution in [2.45, 2.75) is 26.3 Å². The summed E-state index contributed by atoms with van der Waals surface area (Å²) in [5.74, 6) is -0.745. The van der Waals surface area contributed by atoms with Gasteiger partial charge in [0.25, 0.3) is 0 Å². The summed E-state index contributed by atoms with van der Waals surface area (Å²) in [5, 5.41) is 35.0. The van der Waals surface area contributed by atoms with Gasteiger partial charge in [-0.05, 0) is 6.92 Å². The van der Waals surface area contributed by atoms with Gasteiger partial charge in [-0.25, -0.2) is 0 Å². The molecule has 4 N–H and O–H groups in total. The van der Waals surface area contributed by atoms with Crippen molar-refractivity contribution in [2.75, 3.05) is 32.9 Å². The first kappa shape index (κ1) is 16.3. The Morgan fingerprint density at radius 1 is 1.24 bits per heavy atom. The van der Waals surface area contributed by atoms with E-state index in [1.165, 1.54) is 0 Å². The normalized spacial score (nSPS) is 17.0. The number of carboxylic acid groups (broad SMARTS) is 1. The summed E-state index contributed by atoms with van der Waals surface area (Å²) in [6.07, 6.45) is 0.222. The number of nitrogens with zero attached hydrogens (tertiary/aromatic N) is 1. The van der Waals surface area contributed by atoms with Crippen molar-refractivity contribution in [1.29, 1.82) is 0 Å². The zero-order valence-corrected chi connectivity index (χ0v) is 10.5. The van der Waals surface area contributed by atoms with Crippen molar-refractivity contribution < 1.29 is 25.2 Å². The molecule has 1 rings (SSSR count). The Bertz CT molecular complexity index is 218. The van der Waals surface area contributed by atoms with Gasteiger partial charge in [-0.3, -0.25) is 9.69 Å². The van der Waals surface area contributed by atoms with Crippen molar-refractivity contribution >= 4 is 5.97 Å². The highest BCUT2D eigenvalue weighted by Crippen LogP contribution is 2.28. The highest BCUT2D eigenvalue weighted by Gasteiger charge is 2.41. The minimum absolute atomic E-state index is 0.0532. The fraction of sp³-hybridized carbons (Fsp3) is 0.909. The van der Waals surface area contributed by atoms with Crippen LogP contribution in [0.25, 0.3) is 0 Å². The zero-order valence-electron chi connectivity index (χ0n) is 10.5. The Morgan fingerprint density at radius 2 is 1.59 bits per heavy atom. The van der Waals surface area contributed by atoms with Crippen LogP contribution in [0.15, 0.2) is 0 Å². The molecule has 6 nitrogen and oxygen atoms in total. The third kappa shape index (κ3) is 4.99.